The van der Waals surface area contributed by atoms with E-state index >= 15 is 0 Å². The van der Waals surface area contributed by atoms with E-state index in [1.807, 2.05) is 24.3 Å². The van der Waals surface area contributed by atoms with Crippen LogP contribution in [0.5, 0.6) is 0 Å². The van der Waals surface area contributed by atoms with Crippen LogP contribution in [-0.4, -0.2) is 7.11 Å². The average molecular weight is 283 g/mol. The van der Waals surface area contributed by atoms with E-state index in [0.29, 0.717) is 0 Å². The predicted octanol–water partition coefficient (Wildman–Crippen LogP) is 4.68. The average Bonchev–Trinajstić information content (AvgIpc) is 2.64. The summed E-state index contributed by atoms with van der Waals surface area (Å²) < 4.78 is 12.3. The number of hydrogen-bond acceptors (Lipinski definition) is 2. The molecule has 1 heterocycles. The van der Waals surface area contributed by atoms with Gasteiger partial charge in [-0.25, -0.2) is 0 Å². The molecule has 2 rings (SSSR count). The minimum Gasteiger partial charge on any atom is -0.457 e. The molecule has 2 aromatic rings. The molecule has 86 valence electrons. The molecule has 0 bridgehead atoms. The number of methoxy groups -OCH3 is 1. The van der Waals surface area contributed by atoms with Crippen molar-refractivity contribution in [2.75, 3.05) is 7.11 Å². The molecule has 0 saturated carbocycles. The van der Waals surface area contributed by atoms with Gasteiger partial charge in [0.05, 0.1) is 4.47 Å². The van der Waals surface area contributed by atoms with Crippen LogP contribution in [0, 0.1) is 0 Å². The van der Waals surface area contributed by atoms with E-state index in [-0.39, 0.29) is 6.10 Å². The molecule has 0 fully saturated rings. The van der Waals surface area contributed by atoms with Crippen LogP contribution in [0.2, 0.25) is 0 Å². The minimum atomic E-state index is 0.0341. The van der Waals surface area contributed by atoms with Crippen LogP contribution in [0.3, 0.4) is 0 Å². The molecule has 3 heteroatoms. The second-order valence-corrected chi connectivity index (χ2v) is 4.58. The zero-order valence-corrected chi connectivity index (χ0v) is 11.1. The summed E-state index contributed by atoms with van der Waals surface area (Å²) in [6.07, 6.45) is 2.07. The van der Waals surface area contributed by atoms with Crippen molar-refractivity contribution in [3.05, 3.63) is 34.5 Å². The van der Waals surface area contributed by atoms with Crippen molar-refractivity contribution < 1.29 is 9.15 Å². The molecule has 0 N–H and O–H groups in total. The SMILES string of the molecule is CCC[C@H](OC)c1oc2ccccc2c1Br. The lowest BCUT2D eigenvalue weighted by Gasteiger charge is -2.11. The Morgan fingerprint density at radius 1 is 1.38 bits per heavy atom. The van der Waals surface area contributed by atoms with Crippen molar-refractivity contribution in [3.63, 3.8) is 0 Å². The molecular weight excluding hydrogens is 268 g/mol. The quantitative estimate of drug-likeness (QED) is 0.812. The third-order valence-corrected chi connectivity index (χ3v) is 3.51. The standard InChI is InChI=1S/C13H15BrO2/c1-3-6-11(15-2)13-12(14)9-7-4-5-8-10(9)16-13/h4-5,7-8,11H,3,6H2,1-2H3/t11-/m0/s1. The number of fused-ring (bicyclic) bond motifs is 1. The Morgan fingerprint density at radius 2 is 2.12 bits per heavy atom. The Labute approximate surface area is 104 Å². The number of rotatable bonds is 4. The summed E-state index contributed by atoms with van der Waals surface area (Å²) in [6.45, 7) is 2.14. The lowest BCUT2D eigenvalue weighted by Crippen LogP contribution is -1.99. The van der Waals surface area contributed by atoms with Crippen molar-refractivity contribution in [2.45, 2.75) is 25.9 Å². The number of benzene rings is 1. The van der Waals surface area contributed by atoms with Gasteiger partial charge < -0.3 is 9.15 Å². The molecular formula is C13H15BrO2. The summed E-state index contributed by atoms with van der Waals surface area (Å²) >= 11 is 3.59. The van der Waals surface area contributed by atoms with E-state index in [9.17, 15) is 0 Å². The third kappa shape index (κ3) is 2.02. The molecule has 1 aromatic carbocycles. The fraction of sp³-hybridized carbons (Fsp3) is 0.385. The fourth-order valence-electron chi connectivity index (χ4n) is 1.86. The van der Waals surface area contributed by atoms with Gasteiger partial charge in [-0.2, -0.15) is 0 Å². The number of furan rings is 1. The van der Waals surface area contributed by atoms with Crippen LogP contribution in [0.1, 0.15) is 31.6 Å². The maximum Gasteiger partial charge on any atom is 0.148 e. The zero-order chi connectivity index (χ0) is 11.5. The van der Waals surface area contributed by atoms with Gasteiger partial charge in [-0.15, -0.1) is 0 Å². The molecule has 0 aliphatic rings. The summed E-state index contributed by atoms with van der Waals surface area (Å²) in [5.74, 6) is 0.894. The first kappa shape index (κ1) is 11.7. The second-order valence-electron chi connectivity index (χ2n) is 3.79. The number of halogens is 1. The van der Waals surface area contributed by atoms with E-state index in [4.69, 9.17) is 9.15 Å². The smallest absolute Gasteiger partial charge is 0.148 e. The van der Waals surface area contributed by atoms with Gasteiger partial charge in [-0.3, -0.25) is 0 Å². The van der Waals surface area contributed by atoms with Gasteiger partial charge >= 0.3 is 0 Å². The first-order valence-electron chi connectivity index (χ1n) is 5.47. The first-order valence-corrected chi connectivity index (χ1v) is 6.27. The highest BCUT2D eigenvalue weighted by Gasteiger charge is 2.19. The highest BCUT2D eigenvalue weighted by molar-refractivity contribution is 9.10. The lowest BCUT2D eigenvalue weighted by molar-refractivity contribution is 0.0768. The largest absolute Gasteiger partial charge is 0.457 e. The Kier molecular flexibility index (Phi) is 3.66. The molecule has 0 spiro atoms. The maximum atomic E-state index is 5.83. The molecule has 0 amide bonds. The van der Waals surface area contributed by atoms with Gasteiger partial charge in [0.25, 0.3) is 0 Å². The predicted molar refractivity (Wildman–Crippen MR) is 68.6 cm³/mol. The molecule has 1 atom stereocenters. The van der Waals surface area contributed by atoms with E-state index in [2.05, 4.69) is 22.9 Å². The van der Waals surface area contributed by atoms with Crippen LogP contribution in [0.15, 0.2) is 33.2 Å². The van der Waals surface area contributed by atoms with E-state index in [1.54, 1.807) is 7.11 Å². The van der Waals surface area contributed by atoms with Gasteiger partial charge in [0.15, 0.2) is 0 Å². The number of para-hydroxylation sites is 1. The van der Waals surface area contributed by atoms with E-state index in [0.717, 1.165) is 34.0 Å². The van der Waals surface area contributed by atoms with Crippen molar-refractivity contribution in [3.8, 4) is 0 Å². The van der Waals surface area contributed by atoms with Crippen LogP contribution in [0.4, 0.5) is 0 Å². The molecule has 0 saturated heterocycles. The van der Waals surface area contributed by atoms with Crippen molar-refractivity contribution in [1.29, 1.82) is 0 Å². The first-order chi connectivity index (χ1) is 7.77. The molecule has 2 nitrogen and oxygen atoms in total. The zero-order valence-electron chi connectivity index (χ0n) is 9.50. The summed E-state index contributed by atoms with van der Waals surface area (Å²) in [6, 6.07) is 8.01. The summed E-state index contributed by atoms with van der Waals surface area (Å²) in [4.78, 5) is 0. The topological polar surface area (TPSA) is 22.4 Å². The molecule has 0 unspecified atom stereocenters. The second kappa shape index (κ2) is 5.02. The Bertz CT molecular complexity index is 476. The number of hydrogen-bond donors (Lipinski definition) is 0. The fourth-order valence-corrected chi connectivity index (χ4v) is 2.52. The molecule has 0 aliphatic carbocycles. The van der Waals surface area contributed by atoms with Gasteiger partial charge in [-0.05, 0) is 34.5 Å². The van der Waals surface area contributed by atoms with Crippen LogP contribution in [-0.2, 0) is 4.74 Å². The van der Waals surface area contributed by atoms with E-state index in [1.165, 1.54) is 0 Å². The van der Waals surface area contributed by atoms with Crippen molar-refractivity contribution in [1.82, 2.24) is 0 Å². The highest BCUT2D eigenvalue weighted by atomic mass is 79.9. The third-order valence-electron chi connectivity index (χ3n) is 2.69. The van der Waals surface area contributed by atoms with Crippen molar-refractivity contribution >= 4 is 26.9 Å². The van der Waals surface area contributed by atoms with E-state index < -0.39 is 0 Å². The van der Waals surface area contributed by atoms with Crippen LogP contribution >= 0.6 is 15.9 Å². The van der Waals surface area contributed by atoms with Gasteiger partial charge in [0.2, 0.25) is 0 Å². The van der Waals surface area contributed by atoms with Gasteiger partial charge in [-0.1, -0.05) is 25.5 Å². The molecule has 1 aromatic heterocycles. The summed E-state index contributed by atoms with van der Waals surface area (Å²) in [5, 5.41) is 1.11. The molecule has 0 radical (unpaired) electrons. The normalized spacial score (nSPS) is 13.2. The monoisotopic (exact) mass is 282 g/mol. The van der Waals surface area contributed by atoms with Crippen molar-refractivity contribution in [2.24, 2.45) is 0 Å². The Balaban J connectivity index is 2.47. The molecule has 0 aliphatic heterocycles. The summed E-state index contributed by atoms with van der Waals surface area (Å²) in [7, 11) is 1.72. The van der Waals surface area contributed by atoms with Crippen LogP contribution in [0.25, 0.3) is 11.0 Å². The molecule has 16 heavy (non-hydrogen) atoms. The van der Waals surface area contributed by atoms with Gasteiger partial charge in [0.1, 0.15) is 17.4 Å². The Morgan fingerprint density at radius 3 is 2.75 bits per heavy atom. The maximum absolute atomic E-state index is 5.83. The summed E-state index contributed by atoms with van der Waals surface area (Å²) in [5.41, 5.74) is 0.905. The number of ether oxygens (including phenoxy) is 1. The van der Waals surface area contributed by atoms with Crippen LogP contribution < -0.4 is 0 Å². The van der Waals surface area contributed by atoms with Gasteiger partial charge in [0, 0.05) is 12.5 Å². The Hall–Kier alpha value is -0.800. The minimum absolute atomic E-state index is 0.0341. The lowest BCUT2D eigenvalue weighted by atomic mass is 10.1. The highest BCUT2D eigenvalue weighted by Crippen LogP contribution is 2.37.